The van der Waals surface area contributed by atoms with Gasteiger partial charge in [-0.3, -0.25) is 0 Å². The van der Waals surface area contributed by atoms with Crippen molar-refractivity contribution < 1.29 is 4.74 Å². The van der Waals surface area contributed by atoms with Gasteiger partial charge in [-0.05, 0) is 57.2 Å². The minimum Gasteiger partial charge on any atom is -0.375 e. The van der Waals surface area contributed by atoms with E-state index in [1.807, 2.05) is 0 Å². The molecule has 1 N–H and O–H groups in total. The largest absolute Gasteiger partial charge is 0.375 e. The first-order chi connectivity index (χ1) is 12.6. The van der Waals surface area contributed by atoms with Crippen molar-refractivity contribution in [1.82, 2.24) is 5.32 Å². The summed E-state index contributed by atoms with van der Waals surface area (Å²) in [6, 6.07) is 19.9. The van der Waals surface area contributed by atoms with Crippen molar-refractivity contribution in [3.05, 3.63) is 71.3 Å². The van der Waals surface area contributed by atoms with E-state index in [4.69, 9.17) is 4.74 Å². The van der Waals surface area contributed by atoms with E-state index in [9.17, 15) is 0 Å². The molecule has 0 spiro atoms. The number of hydrogen-bond acceptors (Lipinski definition) is 2. The standard InChI is InChI=1S/C24H33NO/c1-4-23(3)19-24(15-17-26-23,22-12-10-20(2)11-13-22)14-16-25-18-21-8-6-5-7-9-21/h5-13,25H,4,14-19H2,1-3H3/t23?,24-/m1/s1. The van der Waals surface area contributed by atoms with Crippen molar-refractivity contribution in [2.45, 2.75) is 64.0 Å². The minimum absolute atomic E-state index is 0.0113. The van der Waals surface area contributed by atoms with Gasteiger partial charge in [0.2, 0.25) is 0 Å². The Morgan fingerprint density at radius 2 is 1.77 bits per heavy atom. The van der Waals surface area contributed by atoms with Gasteiger partial charge in [0.05, 0.1) is 5.60 Å². The lowest BCUT2D eigenvalue weighted by molar-refractivity contribution is -0.0979. The van der Waals surface area contributed by atoms with Gasteiger partial charge in [0.15, 0.2) is 0 Å². The number of nitrogens with one attached hydrogen (secondary N) is 1. The summed E-state index contributed by atoms with van der Waals surface area (Å²) < 4.78 is 6.17. The van der Waals surface area contributed by atoms with Crippen molar-refractivity contribution in [3.8, 4) is 0 Å². The summed E-state index contributed by atoms with van der Waals surface area (Å²) in [5.74, 6) is 0. The van der Waals surface area contributed by atoms with Crippen LogP contribution in [0.1, 0.15) is 56.2 Å². The summed E-state index contributed by atoms with van der Waals surface area (Å²) in [5.41, 5.74) is 4.36. The van der Waals surface area contributed by atoms with Gasteiger partial charge >= 0.3 is 0 Å². The van der Waals surface area contributed by atoms with Crippen LogP contribution in [0.3, 0.4) is 0 Å². The maximum Gasteiger partial charge on any atom is 0.0660 e. The van der Waals surface area contributed by atoms with E-state index in [1.54, 1.807) is 0 Å². The zero-order valence-corrected chi connectivity index (χ0v) is 16.6. The van der Waals surface area contributed by atoms with Gasteiger partial charge in [-0.1, -0.05) is 67.1 Å². The van der Waals surface area contributed by atoms with Crippen LogP contribution in [0.2, 0.25) is 0 Å². The van der Waals surface area contributed by atoms with Gasteiger partial charge in [0.1, 0.15) is 0 Å². The molecule has 140 valence electrons. The van der Waals surface area contributed by atoms with Gasteiger partial charge < -0.3 is 10.1 Å². The lowest BCUT2D eigenvalue weighted by Gasteiger charge is -2.47. The number of aryl methyl sites for hydroxylation is 1. The van der Waals surface area contributed by atoms with E-state index in [0.29, 0.717) is 0 Å². The average Bonchev–Trinajstić information content (AvgIpc) is 2.67. The van der Waals surface area contributed by atoms with Crippen LogP contribution >= 0.6 is 0 Å². The Balaban J connectivity index is 1.72. The van der Waals surface area contributed by atoms with Crippen LogP contribution in [0.5, 0.6) is 0 Å². The van der Waals surface area contributed by atoms with Gasteiger partial charge in [0, 0.05) is 18.6 Å². The van der Waals surface area contributed by atoms with Gasteiger partial charge in [-0.15, -0.1) is 0 Å². The predicted molar refractivity (Wildman–Crippen MR) is 110 cm³/mol. The van der Waals surface area contributed by atoms with Crippen LogP contribution in [0.15, 0.2) is 54.6 Å². The van der Waals surface area contributed by atoms with E-state index >= 15 is 0 Å². The first kappa shape index (κ1) is 19.1. The topological polar surface area (TPSA) is 21.3 Å². The van der Waals surface area contributed by atoms with Crippen LogP contribution in [-0.2, 0) is 16.7 Å². The molecule has 0 radical (unpaired) electrons. The molecule has 2 aromatic carbocycles. The minimum atomic E-state index is -0.0113. The van der Waals surface area contributed by atoms with Crippen molar-refractivity contribution >= 4 is 0 Å². The molecule has 2 atom stereocenters. The van der Waals surface area contributed by atoms with E-state index in [2.05, 4.69) is 80.7 Å². The maximum atomic E-state index is 6.17. The molecular weight excluding hydrogens is 318 g/mol. The van der Waals surface area contributed by atoms with Gasteiger partial charge in [-0.2, -0.15) is 0 Å². The smallest absolute Gasteiger partial charge is 0.0660 e. The molecule has 3 rings (SSSR count). The summed E-state index contributed by atoms with van der Waals surface area (Å²) in [7, 11) is 0. The number of hydrogen-bond donors (Lipinski definition) is 1. The van der Waals surface area contributed by atoms with Crippen LogP contribution < -0.4 is 5.32 Å². The molecule has 0 aliphatic carbocycles. The third-order valence-electron chi connectivity index (χ3n) is 6.11. The molecule has 0 amide bonds. The average molecular weight is 352 g/mol. The second-order valence-electron chi connectivity index (χ2n) is 8.14. The Hall–Kier alpha value is -1.64. The van der Waals surface area contributed by atoms with E-state index in [0.717, 1.165) is 45.4 Å². The Bertz CT molecular complexity index is 681. The normalized spacial score (nSPS) is 26.0. The maximum absolute atomic E-state index is 6.17. The van der Waals surface area contributed by atoms with E-state index in [-0.39, 0.29) is 11.0 Å². The zero-order chi connectivity index (χ0) is 18.5. The monoisotopic (exact) mass is 351 g/mol. The Morgan fingerprint density at radius 3 is 2.46 bits per heavy atom. The van der Waals surface area contributed by atoms with Crippen LogP contribution in [0.25, 0.3) is 0 Å². The Labute approximate surface area is 159 Å². The third kappa shape index (κ3) is 4.55. The molecule has 1 unspecified atom stereocenters. The van der Waals surface area contributed by atoms with Crippen molar-refractivity contribution in [2.24, 2.45) is 0 Å². The Kier molecular flexibility index (Phi) is 6.16. The third-order valence-corrected chi connectivity index (χ3v) is 6.11. The predicted octanol–water partition coefficient (Wildman–Crippen LogP) is 5.39. The summed E-state index contributed by atoms with van der Waals surface area (Å²) in [4.78, 5) is 0. The molecule has 1 aliphatic rings. The fourth-order valence-corrected chi connectivity index (χ4v) is 4.24. The highest BCUT2D eigenvalue weighted by atomic mass is 16.5. The lowest BCUT2D eigenvalue weighted by atomic mass is 9.66. The summed E-state index contributed by atoms with van der Waals surface area (Å²) in [6.07, 6.45) is 4.44. The molecule has 1 saturated heterocycles. The van der Waals surface area contributed by atoms with Crippen molar-refractivity contribution in [1.29, 1.82) is 0 Å². The molecule has 2 nitrogen and oxygen atoms in total. The summed E-state index contributed by atoms with van der Waals surface area (Å²) in [6.45, 7) is 9.52. The number of benzene rings is 2. The molecule has 0 saturated carbocycles. The van der Waals surface area contributed by atoms with Gasteiger partial charge in [-0.25, -0.2) is 0 Å². The highest BCUT2D eigenvalue weighted by Crippen LogP contribution is 2.45. The molecule has 2 heteroatoms. The molecule has 1 fully saturated rings. The highest BCUT2D eigenvalue weighted by molar-refractivity contribution is 5.30. The molecule has 26 heavy (non-hydrogen) atoms. The SMILES string of the molecule is CCC1(C)C[C@](CCNCc2ccccc2)(c2ccc(C)cc2)CCO1. The molecule has 1 aliphatic heterocycles. The highest BCUT2D eigenvalue weighted by Gasteiger charge is 2.43. The fraction of sp³-hybridized carbons (Fsp3) is 0.500. The van der Waals surface area contributed by atoms with E-state index < -0.39 is 0 Å². The molecule has 1 heterocycles. The molecule has 0 aromatic heterocycles. The summed E-state index contributed by atoms with van der Waals surface area (Å²) in [5, 5.41) is 3.66. The van der Waals surface area contributed by atoms with Crippen LogP contribution in [-0.4, -0.2) is 18.8 Å². The Morgan fingerprint density at radius 1 is 1.04 bits per heavy atom. The molecular formula is C24H33NO. The van der Waals surface area contributed by atoms with Crippen LogP contribution in [0.4, 0.5) is 0 Å². The number of ether oxygens (including phenoxy) is 1. The zero-order valence-electron chi connectivity index (χ0n) is 16.6. The van der Waals surface area contributed by atoms with Crippen LogP contribution in [0, 0.1) is 6.92 Å². The second-order valence-corrected chi connectivity index (χ2v) is 8.14. The van der Waals surface area contributed by atoms with Crippen molar-refractivity contribution in [3.63, 3.8) is 0 Å². The first-order valence-corrected chi connectivity index (χ1v) is 10.0. The second kappa shape index (κ2) is 8.37. The van der Waals surface area contributed by atoms with E-state index in [1.165, 1.54) is 16.7 Å². The quantitative estimate of drug-likeness (QED) is 0.675. The fourth-order valence-electron chi connectivity index (χ4n) is 4.24. The molecule has 0 bridgehead atoms. The lowest BCUT2D eigenvalue weighted by Crippen LogP contribution is -2.46. The number of rotatable bonds is 7. The van der Waals surface area contributed by atoms with Crippen molar-refractivity contribution in [2.75, 3.05) is 13.2 Å². The molecule has 2 aromatic rings. The first-order valence-electron chi connectivity index (χ1n) is 10.0. The summed E-state index contributed by atoms with van der Waals surface area (Å²) >= 11 is 0. The van der Waals surface area contributed by atoms with Gasteiger partial charge in [0.25, 0.3) is 0 Å².